The van der Waals surface area contributed by atoms with Crippen LogP contribution in [-0.2, 0) is 4.79 Å². The summed E-state index contributed by atoms with van der Waals surface area (Å²) in [5, 5.41) is 1.78. The van der Waals surface area contributed by atoms with E-state index in [-0.39, 0.29) is 11.6 Å². The van der Waals surface area contributed by atoms with E-state index in [1.807, 2.05) is 0 Å². The van der Waals surface area contributed by atoms with Crippen LogP contribution in [0.5, 0.6) is 11.5 Å². The number of nitrogens with zero attached hydrogens (tertiary/aromatic N) is 1. The number of rotatable bonds is 6. The molecule has 4 rings (SSSR count). The Hall–Kier alpha value is -3.59. The zero-order valence-electron chi connectivity index (χ0n) is 15.8. The zero-order valence-corrected chi connectivity index (χ0v) is 16.7. The van der Waals surface area contributed by atoms with E-state index >= 15 is 0 Å². The first-order chi connectivity index (χ1) is 14.5. The van der Waals surface area contributed by atoms with Crippen molar-refractivity contribution < 1.29 is 28.7 Å². The summed E-state index contributed by atoms with van der Waals surface area (Å²) in [6.45, 7) is 1.90. The standard InChI is InChI=1S/C21H16N2O6S/c1-2-28-16-9-12(10-17-18(24)22-21(27)30-17)7-8-15(16)29-11-23-19(25)13-5-3-4-6-14(13)20(23)26/h3-10H,2,11H2,1H3,(H,22,24,27)/b17-10-. The van der Waals surface area contributed by atoms with Crippen molar-refractivity contribution in [2.75, 3.05) is 13.3 Å². The summed E-state index contributed by atoms with van der Waals surface area (Å²) in [6, 6.07) is 11.6. The second kappa shape index (κ2) is 8.03. The van der Waals surface area contributed by atoms with E-state index in [2.05, 4.69) is 5.32 Å². The predicted molar refractivity (Wildman–Crippen MR) is 109 cm³/mol. The molecular formula is C21H16N2O6S. The maximum atomic E-state index is 12.5. The molecule has 0 atom stereocenters. The fourth-order valence-electron chi connectivity index (χ4n) is 3.06. The average molecular weight is 424 g/mol. The van der Waals surface area contributed by atoms with Crippen LogP contribution >= 0.6 is 11.8 Å². The molecule has 8 nitrogen and oxygen atoms in total. The molecule has 0 bridgehead atoms. The van der Waals surface area contributed by atoms with Crippen LogP contribution in [0.2, 0.25) is 0 Å². The van der Waals surface area contributed by atoms with Gasteiger partial charge in [0.05, 0.1) is 22.6 Å². The van der Waals surface area contributed by atoms with Crippen molar-refractivity contribution >= 4 is 40.8 Å². The number of carbonyl (C=O) groups excluding carboxylic acids is 4. The zero-order chi connectivity index (χ0) is 21.3. The van der Waals surface area contributed by atoms with E-state index in [4.69, 9.17) is 9.47 Å². The minimum atomic E-state index is -0.450. The van der Waals surface area contributed by atoms with E-state index in [1.165, 1.54) is 0 Å². The molecule has 0 unspecified atom stereocenters. The van der Waals surface area contributed by atoms with Crippen molar-refractivity contribution in [3.63, 3.8) is 0 Å². The van der Waals surface area contributed by atoms with Gasteiger partial charge in [0.2, 0.25) is 0 Å². The van der Waals surface area contributed by atoms with Crippen molar-refractivity contribution in [1.29, 1.82) is 0 Å². The minimum Gasteiger partial charge on any atom is -0.490 e. The highest BCUT2D eigenvalue weighted by Crippen LogP contribution is 2.32. The number of nitrogens with one attached hydrogen (secondary N) is 1. The number of imide groups is 2. The Morgan fingerprint density at radius 2 is 1.67 bits per heavy atom. The molecule has 2 aromatic rings. The molecule has 2 heterocycles. The van der Waals surface area contributed by atoms with Gasteiger partial charge >= 0.3 is 0 Å². The lowest BCUT2D eigenvalue weighted by molar-refractivity contribution is -0.115. The van der Waals surface area contributed by atoms with Gasteiger partial charge in [0.1, 0.15) is 0 Å². The van der Waals surface area contributed by atoms with Gasteiger partial charge in [0.15, 0.2) is 18.2 Å². The van der Waals surface area contributed by atoms with Crippen molar-refractivity contribution in [2.24, 2.45) is 0 Å². The van der Waals surface area contributed by atoms with Gasteiger partial charge in [-0.2, -0.15) is 0 Å². The molecule has 1 fully saturated rings. The van der Waals surface area contributed by atoms with Gasteiger partial charge in [-0.25, -0.2) is 4.90 Å². The molecule has 0 radical (unpaired) electrons. The molecule has 0 aliphatic carbocycles. The second-order valence-electron chi connectivity index (χ2n) is 6.35. The predicted octanol–water partition coefficient (Wildman–Crippen LogP) is 3.04. The Balaban J connectivity index is 1.53. The number of benzene rings is 2. The van der Waals surface area contributed by atoms with Crippen LogP contribution in [0.4, 0.5) is 4.79 Å². The molecule has 0 aromatic heterocycles. The van der Waals surface area contributed by atoms with Crippen molar-refractivity contribution in [1.82, 2.24) is 10.2 Å². The SMILES string of the molecule is CCOc1cc(/C=C2\SC(=O)NC2=O)ccc1OCN1C(=O)c2ccccc2C1=O. The highest BCUT2D eigenvalue weighted by atomic mass is 32.2. The molecule has 1 saturated heterocycles. The summed E-state index contributed by atoms with van der Waals surface area (Å²) in [5.41, 5.74) is 1.33. The number of fused-ring (bicyclic) bond motifs is 1. The highest BCUT2D eigenvalue weighted by Gasteiger charge is 2.35. The number of thioether (sulfide) groups is 1. The monoisotopic (exact) mass is 424 g/mol. The summed E-state index contributed by atoms with van der Waals surface area (Å²) in [4.78, 5) is 49.3. The van der Waals surface area contributed by atoms with Gasteiger partial charge in [-0.1, -0.05) is 18.2 Å². The van der Waals surface area contributed by atoms with E-state index in [9.17, 15) is 19.2 Å². The highest BCUT2D eigenvalue weighted by molar-refractivity contribution is 8.18. The van der Waals surface area contributed by atoms with Crippen LogP contribution in [0.3, 0.4) is 0 Å². The molecule has 152 valence electrons. The number of hydrogen-bond acceptors (Lipinski definition) is 7. The van der Waals surface area contributed by atoms with E-state index < -0.39 is 23.0 Å². The first kappa shape index (κ1) is 19.7. The number of amides is 4. The lowest BCUT2D eigenvalue weighted by Gasteiger charge is -2.17. The third kappa shape index (κ3) is 3.67. The van der Waals surface area contributed by atoms with Crippen LogP contribution < -0.4 is 14.8 Å². The maximum absolute atomic E-state index is 12.5. The topological polar surface area (TPSA) is 102 Å². The van der Waals surface area contributed by atoms with Crippen LogP contribution in [0.25, 0.3) is 6.08 Å². The van der Waals surface area contributed by atoms with Gasteiger partial charge in [0.25, 0.3) is 23.0 Å². The molecule has 4 amide bonds. The Labute approximate surface area is 175 Å². The van der Waals surface area contributed by atoms with E-state index in [0.717, 1.165) is 16.7 Å². The summed E-state index contributed by atoms with van der Waals surface area (Å²) in [7, 11) is 0. The van der Waals surface area contributed by atoms with Crippen LogP contribution in [-0.4, -0.2) is 41.2 Å². The van der Waals surface area contributed by atoms with Crippen molar-refractivity contribution in [3.05, 3.63) is 64.1 Å². The number of hydrogen-bond donors (Lipinski definition) is 1. The van der Waals surface area contributed by atoms with E-state index in [1.54, 1.807) is 55.5 Å². The molecule has 2 aromatic carbocycles. The molecule has 2 aliphatic heterocycles. The third-order valence-corrected chi connectivity index (χ3v) is 5.25. The third-order valence-electron chi connectivity index (χ3n) is 4.43. The van der Waals surface area contributed by atoms with Gasteiger partial charge in [-0.05, 0) is 54.6 Å². The maximum Gasteiger partial charge on any atom is 0.290 e. The summed E-state index contributed by atoms with van der Waals surface area (Å²) < 4.78 is 11.3. The fourth-order valence-corrected chi connectivity index (χ4v) is 3.75. The first-order valence-corrected chi connectivity index (χ1v) is 9.89. The summed E-state index contributed by atoms with van der Waals surface area (Å²) in [5.74, 6) is -0.546. The quantitative estimate of drug-likeness (QED) is 0.562. The van der Waals surface area contributed by atoms with Crippen molar-refractivity contribution in [3.8, 4) is 11.5 Å². The molecule has 2 aliphatic rings. The first-order valence-electron chi connectivity index (χ1n) is 9.07. The summed E-state index contributed by atoms with van der Waals surface area (Å²) >= 11 is 0.821. The van der Waals surface area contributed by atoms with E-state index in [0.29, 0.717) is 34.8 Å². The largest absolute Gasteiger partial charge is 0.490 e. The molecule has 30 heavy (non-hydrogen) atoms. The second-order valence-corrected chi connectivity index (χ2v) is 7.36. The average Bonchev–Trinajstić information content (AvgIpc) is 3.17. The molecule has 9 heteroatoms. The van der Waals surface area contributed by atoms with Gasteiger partial charge in [-0.15, -0.1) is 0 Å². The normalized spacial score (nSPS) is 16.8. The lowest BCUT2D eigenvalue weighted by Crippen LogP contribution is -2.33. The van der Waals surface area contributed by atoms with Crippen LogP contribution in [0, 0.1) is 0 Å². The number of ether oxygens (including phenoxy) is 2. The van der Waals surface area contributed by atoms with Crippen LogP contribution in [0.15, 0.2) is 47.4 Å². The minimum absolute atomic E-state index is 0.264. The van der Waals surface area contributed by atoms with Gasteiger partial charge < -0.3 is 9.47 Å². The Morgan fingerprint density at radius 1 is 0.967 bits per heavy atom. The fraction of sp³-hybridized carbons (Fsp3) is 0.143. The molecule has 1 N–H and O–H groups in total. The van der Waals surface area contributed by atoms with Crippen molar-refractivity contribution in [2.45, 2.75) is 6.92 Å². The summed E-state index contributed by atoms with van der Waals surface area (Å²) in [6.07, 6.45) is 1.57. The molecular weight excluding hydrogens is 408 g/mol. The van der Waals surface area contributed by atoms with Gasteiger partial charge in [-0.3, -0.25) is 24.5 Å². The number of carbonyl (C=O) groups is 4. The lowest BCUT2D eigenvalue weighted by atomic mass is 10.1. The van der Waals surface area contributed by atoms with Gasteiger partial charge in [0, 0.05) is 0 Å². The molecule has 0 saturated carbocycles. The smallest absolute Gasteiger partial charge is 0.290 e. The van der Waals surface area contributed by atoms with Crippen LogP contribution in [0.1, 0.15) is 33.2 Å². The Bertz CT molecular complexity index is 1080. The Kier molecular flexibility index (Phi) is 5.28. The Morgan fingerprint density at radius 3 is 2.27 bits per heavy atom. The molecule has 0 spiro atoms.